The van der Waals surface area contributed by atoms with Gasteiger partial charge in [-0.05, 0) is 50.2 Å². The van der Waals surface area contributed by atoms with E-state index in [1.54, 1.807) is 6.07 Å². The van der Waals surface area contributed by atoms with Gasteiger partial charge >= 0.3 is 0 Å². The predicted octanol–water partition coefficient (Wildman–Crippen LogP) is 4.09. The zero-order valence-corrected chi connectivity index (χ0v) is 19.0. The van der Waals surface area contributed by atoms with Gasteiger partial charge in [0.15, 0.2) is 29.7 Å². The van der Waals surface area contributed by atoms with E-state index in [1.807, 2.05) is 6.92 Å². The number of phenolic OH excluding ortho intramolecular Hbond substituents is 2. The van der Waals surface area contributed by atoms with Gasteiger partial charge in [0.1, 0.15) is 0 Å². The second-order valence-electron chi connectivity index (χ2n) is 9.97. The number of rotatable bonds is 6. The maximum atomic E-state index is 9.82. The maximum Gasteiger partial charge on any atom is 0.203 e. The Morgan fingerprint density at radius 2 is 1.81 bits per heavy atom. The van der Waals surface area contributed by atoms with Gasteiger partial charge < -0.3 is 29.2 Å². The Bertz CT molecular complexity index is 812. The molecule has 8 heteroatoms. The zero-order valence-electron chi connectivity index (χ0n) is 19.0. The molecular formula is C24H34O8. The molecule has 1 saturated carbocycles. The number of ether oxygens (including phenoxy) is 4. The van der Waals surface area contributed by atoms with Crippen LogP contribution in [0, 0.1) is 23.7 Å². The molecule has 178 valence electrons. The number of para-hydroxylation sites is 1. The van der Waals surface area contributed by atoms with Crippen LogP contribution in [0.4, 0.5) is 0 Å². The number of phenols is 2. The van der Waals surface area contributed by atoms with Crippen LogP contribution in [0.1, 0.15) is 52.9 Å². The minimum Gasteiger partial charge on any atom is -0.504 e. The summed E-state index contributed by atoms with van der Waals surface area (Å²) in [5, 5.41) is 19.6. The van der Waals surface area contributed by atoms with Gasteiger partial charge in [-0.1, -0.05) is 19.9 Å². The Labute approximate surface area is 188 Å². The van der Waals surface area contributed by atoms with Gasteiger partial charge in [0.05, 0.1) is 13.2 Å². The van der Waals surface area contributed by atoms with Crippen LogP contribution in [0.2, 0.25) is 0 Å². The monoisotopic (exact) mass is 450 g/mol. The van der Waals surface area contributed by atoms with Crippen molar-refractivity contribution in [2.45, 2.75) is 76.8 Å². The fraction of sp³-hybridized carbons (Fsp3) is 0.750. The first-order chi connectivity index (χ1) is 15.3. The van der Waals surface area contributed by atoms with E-state index in [1.165, 1.54) is 12.1 Å². The molecule has 32 heavy (non-hydrogen) atoms. The van der Waals surface area contributed by atoms with Crippen LogP contribution >= 0.6 is 0 Å². The van der Waals surface area contributed by atoms with Crippen molar-refractivity contribution in [1.82, 2.24) is 0 Å². The summed E-state index contributed by atoms with van der Waals surface area (Å²) in [5.41, 5.74) is -0.585. The first-order valence-corrected chi connectivity index (χ1v) is 11.8. The molecule has 1 aromatic carbocycles. The van der Waals surface area contributed by atoms with Crippen LogP contribution in [-0.2, 0) is 24.0 Å². The Balaban J connectivity index is 1.23. The third-order valence-electron chi connectivity index (χ3n) is 7.89. The lowest BCUT2D eigenvalue weighted by Gasteiger charge is -2.60. The fourth-order valence-electron chi connectivity index (χ4n) is 6.16. The van der Waals surface area contributed by atoms with Crippen LogP contribution < -0.4 is 4.74 Å². The molecule has 1 aliphatic carbocycles. The number of hydrogen-bond donors (Lipinski definition) is 2. The Kier molecular flexibility index (Phi) is 5.78. The van der Waals surface area contributed by atoms with Crippen LogP contribution in [0.15, 0.2) is 18.2 Å². The standard InChI is InChI=1S/C24H34O8/c1-14-8-9-17-15(2)21(28-13-5-12-27-20-18(25)6-4-7-19(20)26)29-22-24(17)16(14)10-11-23(3,30-22)31-32-24/h4,6-7,14-17,21-22,25-26H,5,8-13H2,1-3H3/t14-,15-,16+,17+,21+,22-,23-,24-/m1/s1. The number of hydrogen-bond acceptors (Lipinski definition) is 8. The summed E-state index contributed by atoms with van der Waals surface area (Å²) in [6.45, 7) is 7.09. The second-order valence-corrected chi connectivity index (χ2v) is 9.97. The molecule has 0 unspecified atom stereocenters. The molecule has 4 aliphatic heterocycles. The van der Waals surface area contributed by atoms with Crippen molar-refractivity contribution in [2.75, 3.05) is 13.2 Å². The SMILES string of the molecule is C[C@H]1[C@@H](OCCCOc2c(O)cccc2O)O[C@@H]2O[C@@]3(C)CC[C@H]4[C@H](C)CC[C@@H]1[C@@]24OO3. The molecule has 8 atom stereocenters. The molecule has 2 bridgehead atoms. The molecule has 5 aliphatic rings. The minimum atomic E-state index is -0.795. The van der Waals surface area contributed by atoms with E-state index < -0.39 is 24.0 Å². The van der Waals surface area contributed by atoms with Crippen molar-refractivity contribution in [3.8, 4) is 17.2 Å². The highest BCUT2D eigenvalue weighted by Gasteiger charge is 2.69. The van der Waals surface area contributed by atoms with Crippen molar-refractivity contribution in [3.63, 3.8) is 0 Å². The minimum absolute atomic E-state index is 0.0854. The average molecular weight is 451 g/mol. The molecule has 4 saturated heterocycles. The normalized spacial score (nSPS) is 42.8. The lowest BCUT2D eigenvalue weighted by atomic mass is 9.58. The van der Waals surface area contributed by atoms with Gasteiger partial charge in [-0.2, -0.15) is 0 Å². The number of fused-ring (bicyclic) bond motifs is 2. The highest BCUT2D eigenvalue weighted by molar-refractivity contribution is 5.49. The summed E-state index contributed by atoms with van der Waals surface area (Å²) in [6, 6.07) is 4.51. The molecule has 0 radical (unpaired) electrons. The van der Waals surface area contributed by atoms with E-state index in [0.717, 1.165) is 25.7 Å². The topological polar surface area (TPSA) is 95.8 Å². The van der Waals surface area contributed by atoms with E-state index in [9.17, 15) is 10.2 Å². The molecule has 4 heterocycles. The number of benzene rings is 1. The molecule has 1 aromatic rings. The highest BCUT2D eigenvalue weighted by atomic mass is 17.3. The van der Waals surface area contributed by atoms with Crippen molar-refractivity contribution in [1.29, 1.82) is 0 Å². The van der Waals surface area contributed by atoms with Crippen LogP contribution in [0.5, 0.6) is 17.2 Å². The van der Waals surface area contributed by atoms with Crippen molar-refractivity contribution in [2.24, 2.45) is 23.7 Å². The van der Waals surface area contributed by atoms with Crippen LogP contribution in [0.3, 0.4) is 0 Å². The molecular weight excluding hydrogens is 416 g/mol. The van der Waals surface area contributed by atoms with Gasteiger partial charge in [0.25, 0.3) is 0 Å². The van der Waals surface area contributed by atoms with E-state index in [4.69, 9.17) is 28.7 Å². The van der Waals surface area contributed by atoms with Gasteiger partial charge in [-0.3, -0.25) is 0 Å². The van der Waals surface area contributed by atoms with Crippen molar-refractivity contribution >= 4 is 0 Å². The smallest absolute Gasteiger partial charge is 0.203 e. The first-order valence-electron chi connectivity index (χ1n) is 11.8. The Hall–Kier alpha value is -1.58. The molecule has 8 nitrogen and oxygen atoms in total. The average Bonchev–Trinajstić information content (AvgIpc) is 2.99. The second kappa shape index (κ2) is 8.33. The van der Waals surface area contributed by atoms with E-state index in [2.05, 4.69) is 13.8 Å². The largest absolute Gasteiger partial charge is 0.504 e. The molecule has 0 aromatic heterocycles. The van der Waals surface area contributed by atoms with Gasteiger partial charge in [-0.25, -0.2) is 9.78 Å². The molecule has 5 fully saturated rings. The molecule has 2 N–H and O–H groups in total. The van der Waals surface area contributed by atoms with E-state index in [0.29, 0.717) is 31.5 Å². The van der Waals surface area contributed by atoms with E-state index in [-0.39, 0.29) is 29.1 Å². The van der Waals surface area contributed by atoms with Gasteiger partial charge in [0.2, 0.25) is 11.5 Å². The zero-order chi connectivity index (χ0) is 22.5. The van der Waals surface area contributed by atoms with Gasteiger partial charge in [-0.15, -0.1) is 0 Å². The summed E-state index contributed by atoms with van der Waals surface area (Å²) < 4.78 is 24.4. The predicted molar refractivity (Wildman–Crippen MR) is 113 cm³/mol. The molecule has 0 amide bonds. The quantitative estimate of drug-likeness (QED) is 0.494. The van der Waals surface area contributed by atoms with Crippen LogP contribution in [0.25, 0.3) is 0 Å². The first kappa shape index (κ1) is 22.2. The summed E-state index contributed by atoms with van der Waals surface area (Å²) in [7, 11) is 0. The summed E-state index contributed by atoms with van der Waals surface area (Å²) in [4.78, 5) is 12.0. The molecule has 6 rings (SSSR count). The summed E-state index contributed by atoms with van der Waals surface area (Å²) >= 11 is 0. The fourth-order valence-corrected chi connectivity index (χ4v) is 6.16. The Morgan fingerprint density at radius 1 is 1.03 bits per heavy atom. The van der Waals surface area contributed by atoms with Gasteiger partial charge in [0, 0.05) is 24.7 Å². The maximum absolute atomic E-state index is 9.82. The van der Waals surface area contributed by atoms with Crippen molar-refractivity contribution in [3.05, 3.63) is 18.2 Å². The van der Waals surface area contributed by atoms with E-state index >= 15 is 0 Å². The highest BCUT2D eigenvalue weighted by Crippen LogP contribution is 2.60. The molecule has 1 spiro atoms. The third kappa shape index (κ3) is 3.56. The summed E-state index contributed by atoms with van der Waals surface area (Å²) in [5.74, 6) is 0.332. The van der Waals surface area contributed by atoms with Crippen LogP contribution in [-0.4, -0.2) is 47.4 Å². The third-order valence-corrected chi connectivity index (χ3v) is 7.89. The number of aromatic hydroxyl groups is 2. The Morgan fingerprint density at radius 3 is 2.59 bits per heavy atom. The van der Waals surface area contributed by atoms with Crippen molar-refractivity contribution < 1.29 is 38.9 Å². The lowest BCUT2D eigenvalue weighted by Crippen LogP contribution is -2.70. The lowest BCUT2D eigenvalue weighted by molar-refractivity contribution is -0.577. The summed E-state index contributed by atoms with van der Waals surface area (Å²) in [6.07, 6.45) is 3.62.